The van der Waals surface area contributed by atoms with Crippen LogP contribution in [0, 0.1) is 5.82 Å². The molecule has 3 aromatic rings. The van der Waals surface area contributed by atoms with Crippen molar-refractivity contribution in [1.29, 1.82) is 0 Å². The topological polar surface area (TPSA) is 65.1 Å². The fourth-order valence-electron chi connectivity index (χ4n) is 4.38. The average molecular weight is 451 g/mol. The van der Waals surface area contributed by atoms with E-state index in [-0.39, 0.29) is 31.0 Å². The zero-order valence-electron chi connectivity index (χ0n) is 18.6. The monoisotopic (exact) mass is 451 g/mol. The lowest BCUT2D eigenvalue weighted by Crippen LogP contribution is -2.41. The van der Waals surface area contributed by atoms with Gasteiger partial charge in [-0.1, -0.05) is 42.5 Å². The number of nitrogens with zero attached hydrogens (tertiary/aromatic N) is 1. The molecule has 7 heteroatoms. The molecular weight excluding hydrogens is 425 g/mol. The quantitative estimate of drug-likeness (QED) is 0.505. The lowest BCUT2D eigenvalue weighted by molar-refractivity contribution is -0.150. The Kier molecular flexibility index (Phi) is 6.77. The van der Waals surface area contributed by atoms with E-state index in [1.54, 1.807) is 19.2 Å². The number of aryl methyl sites for hydroxylation is 1. The van der Waals surface area contributed by atoms with Crippen molar-refractivity contribution in [3.8, 4) is 11.5 Å². The molecule has 0 N–H and O–H groups in total. The van der Waals surface area contributed by atoms with Crippen molar-refractivity contribution >= 4 is 22.6 Å². The van der Waals surface area contributed by atoms with E-state index in [0.717, 1.165) is 16.3 Å². The summed E-state index contributed by atoms with van der Waals surface area (Å²) < 4.78 is 30.2. The molecule has 0 spiro atoms. The van der Waals surface area contributed by atoms with Crippen LogP contribution in [0.1, 0.15) is 18.4 Å². The van der Waals surface area contributed by atoms with Gasteiger partial charge in [-0.05, 0) is 35.4 Å². The summed E-state index contributed by atoms with van der Waals surface area (Å²) in [6.07, 6.45) is 0.364. The summed E-state index contributed by atoms with van der Waals surface area (Å²) >= 11 is 0. The number of amides is 1. The second-order valence-electron chi connectivity index (χ2n) is 7.96. The maximum atomic E-state index is 14.0. The van der Waals surface area contributed by atoms with Crippen molar-refractivity contribution in [2.75, 3.05) is 20.8 Å². The van der Waals surface area contributed by atoms with E-state index in [1.807, 2.05) is 36.4 Å². The standard InChI is InChI=1S/C26H26FNO5/c1-31-23-13-11-17-7-3-4-8-19(17)20(23)12-14-25(29)28-16-18(15-22(28)26(30)32-2)33-24-10-6-5-9-21(24)27/h3-11,13,18,22H,12,14-16H2,1-2H3. The van der Waals surface area contributed by atoms with Gasteiger partial charge in [-0.3, -0.25) is 4.79 Å². The Morgan fingerprint density at radius 3 is 2.52 bits per heavy atom. The van der Waals surface area contributed by atoms with E-state index in [4.69, 9.17) is 14.2 Å². The summed E-state index contributed by atoms with van der Waals surface area (Å²) in [5.74, 6) is -0.375. The number of carbonyl (C=O) groups is 2. The lowest BCUT2D eigenvalue weighted by atomic mass is 9.99. The molecule has 1 fully saturated rings. The van der Waals surface area contributed by atoms with Crippen LogP contribution in [-0.4, -0.2) is 49.7 Å². The minimum absolute atomic E-state index is 0.0981. The number of esters is 1. The molecule has 0 saturated carbocycles. The third kappa shape index (κ3) is 4.77. The molecule has 3 aromatic carbocycles. The molecular formula is C26H26FNO5. The van der Waals surface area contributed by atoms with E-state index in [1.165, 1.54) is 24.1 Å². The molecule has 2 unspecified atom stereocenters. The zero-order chi connectivity index (χ0) is 23.4. The average Bonchev–Trinajstić information content (AvgIpc) is 3.27. The first-order valence-corrected chi connectivity index (χ1v) is 10.8. The first kappa shape index (κ1) is 22.6. The number of fused-ring (bicyclic) bond motifs is 1. The number of methoxy groups -OCH3 is 2. The first-order valence-electron chi connectivity index (χ1n) is 10.8. The fourth-order valence-corrected chi connectivity index (χ4v) is 4.38. The van der Waals surface area contributed by atoms with Crippen LogP contribution in [0.4, 0.5) is 4.39 Å². The largest absolute Gasteiger partial charge is 0.496 e. The minimum atomic E-state index is -0.770. The smallest absolute Gasteiger partial charge is 0.328 e. The van der Waals surface area contributed by atoms with E-state index < -0.39 is 23.9 Å². The zero-order valence-corrected chi connectivity index (χ0v) is 18.6. The van der Waals surface area contributed by atoms with Crippen LogP contribution in [0.25, 0.3) is 10.8 Å². The number of likely N-dealkylation sites (tertiary alicyclic amines) is 1. The number of para-hydroxylation sites is 1. The molecule has 0 aliphatic carbocycles. The Morgan fingerprint density at radius 1 is 1.00 bits per heavy atom. The Balaban J connectivity index is 1.51. The molecule has 1 heterocycles. The summed E-state index contributed by atoms with van der Waals surface area (Å²) in [5, 5.41) is 2.09. The summed E-state index contributed by atoms with van der Waals surface area (Å²) in [4.78, 5) is 27.1. The Labute approximate surface area is 191 Å². The maximum Gasteiger partial charge on any atom is 0.328 e. The van der Waals surface area contributed by atoms with Gasteiger partial charge in [0, 0.05) is 18.4 Å². The Bertz CT molecular complexity index is 1160. The van der Waals surface area contributed by atoms with Crippen molar-refractivity contribution in [2.45, 2.75) is 31.4 Å². The van der Waals surface area contributed by atoms with Gasteiger partial charge in [-0.2, -0.15) is 0 Å². The normalized spacial score (nSPS) is 17.7. The van der Waals surface area contributed by atoms with Gasteiger partial charge in [0.2, 0.25) is 5.91 Å². The van der Waals surface area contributed by atoms with Gasteiger partial charge >= 0.3 is 5.97 Å². The highest BCUT2D eigenvalue weighted by atomic mass is 19.1. The summed E-state index contributed by atoms with van der Waals surface area (Å²) in [6, 6.07) is 17.1. The Morgan fingerprint density at radius 2 is 1.76 bits per heavy atom. The number of carbonyl (C=O) groups excluding carboxylic acids is 2. The van der Waals surface area contributed by atoms with Crippen LogP contribution >= 0.6 is 0 Å². The van der Waals surface area contributed by atoms with Crippen LogP contribution in [0.3, 0.4) is 0 Å². The number of hydrogen-bond acceptors (Lipinski definition) is 5. The highest BCUT2D eigenvalue weighted by molar-refractivity contribution is 5.89. The van der Waals surface area contributed by atoms with Gasteiger partial charge in [0.05, 0.1) is 20.8 Å². The van der Waals surface area contributed by atoms with Gasteiger partial charge < -0.3 is 19.1 Å². The van der Waals surface area contributed by atoms with Gasteiger partial charge in [0.1, 0.15) is 17.9 Å². The van der Waals surface area contributed by atoms with E-state index in [9.17, 15) is 14.0 Å². The predicted molar refractivity (Wildman–Crippen MR) is 122 cm³/mol. The maximum absolute atomic E-state index is 14.0. The molecule has 4 rings (SSSR count). The molecule has 1 amide bonds. The predicted octanol–water partition coefficient (Wildman–Crippen LogP) is 4.14. The second-order valence-corrected chi connectivity index (χ2v) is 7.96. The molecule has 1 aliphatic heterocycles. The van der Waals surface area contributed by atoms with Crippen LogP contribution in [0.15, 0.2) is 60.7 Å². The highest BCUT2D eigenvalue weighted by Crippen LogP contribution is 2.31. The third-order valence-electron chi connectivity index (χ3n) is 5.99. The molecule has 0 radical (unpaired) electrons. The van der Waals surface area contributed by atoms with E-state index in [0.29, 0.717) is 12.2 Å². The number of hydrogen-bond donors (Lipinski definition) is 0. The molecule has 172 valence electrons. The van der Waals surface area contributed by atoms with E-state index >= 15 is 0 Å². The SMILES string of the molecule is COC(=O)C1CC(Oc2ccccc2F)CN1C(=O)CCc1c(OC)ccc2ccccc12. The molecule has 0 aromatic heterocycles. The fraction of sp³-hybridized carbons (Fsp3) is 0.308. The number of benzene rings is 3. The molecule has 33 heavy (non-hydrogen) atoms. The molecule has 1 saturated heterocycles. The van der Waals surface area contributed by atoms with Crippen LogP contribution in [-0.2, 0) is 20.7 Å². The van der Waals surface area contributed by atoms with Crippen molar-refractivity contribution in [3.05, 3.63) is 72.0 Å². The molecule has 6 nitrogen and oxygen atoms in total. The Hall–Kier alpha value is -3.61. The number of ether oxygens (including phenoxy) is 3. The lowest BCUT2D eigenvalue weighted by Gasteiger charge is -2.22. The minimum Gasteiger partial charge on any atom is -0.496 e. The van der Waals surface area contributed by atoms with Gasteiger partial charge in [-0.15, -0.1) is 0 Å². The van der Waals surface area contributed by atoms with Gasteiger partial charge in [-0.25, -0.2) is 9.18 Å². The third-order valence-corrected chi connectivity index (χ3v) is 5.99. The number of rotatable bonds is 7. The summed E-state index contributed by atoms with van der Waals surface area (Å²) in [6.45, 7) is 0.180. The molecule has 2 atom stereocenters. The van der Waals surface area contributed by atoms with Crippen molar-refractivity contribution in [3.63, 3.8) is 0 Å². The number of halogens is 1. The summed E-state index contributed by atoms with van der Waals surface area (Å²) in [7, 11) is 2.89. The van der Waals surface area contributed by atoms with Crippen LogP contribution < -0.4 is 9.47 Å². The van der Waals surface area contributed by atoms with Crippen LogP contribution in [0.5, 0.6) is 11.5 Å². The van der Waals surface area contributed by atoms with Crippen molar-refractivity contribution in [1.82, 2.24) is 4.90 Å². The molecule has 1 aliphatic rings. The van der Waals surface area contributed by atoms with Crippen molar-refractivity contribution in [2.24, 2.45) is 0 Å². The van der Waals surface area contributed by atoms with Crippen molar-refractivity contribution < 1.29 is 28.2 Å². The van der Waals surface area contributed by atoms with Gasteiger partial charge in [0.15, 0.2) is 11.6 Å². The van der Waals surface area contributed by atoms with E-state index in [2.05, 4.69) is 0 Å². The first-order chi connectivity index (χ1) is 16.0. The highest BCUT2D eigenvalue weighted by Gasteiger charge is 2.41. The second kappa shape index (κ2) is 9.90. The van der Waals surface area contributed by atoms with Gasteiger partial charge in [0.25, 0.3) is 0 Å². The summed E-state index contributed by atoms with van der Waals surface area (Å²) in [5.41, 5.74) is 0.942. The molecule has 0 bridgehead atoms. The van der Waals surface area contributed by atoms with Crippen LogP contribution in [0.2, 0.25) is 0 Å².